The predicted molar refractivity (Wildman–Crippen MR) is 130 cm³/mol. The Morgan fingerprint density at radius 3 is 1.64 bits per heavy atom. The number of nitrogens with zero attached hydrogens (tertiary/aromatic N) is 1. The molecule has 0 aromatic heterocycles. The monoisotopic (exact) mass is 601 g/mol. The van der Waals surface area contributed by atoms with Crippen molar-refractivity contribution >= 4 is 52.9 Å². The summed E-state index contributed by atoms with van der Waals surface area (Å²) in [5.41, 5.74) is 1.07. The fourth-order valence-electron chi connectivity index (χ4n) is 2.95. The molecule has 3 aromatic rings. The van der Waals surface area contributed by atoms with E-state index in [1.54, 1.807) is 13.8 Å². The number of rotatable bonds is 7. The second-order valence-corrected chi connectivity index (χ2v) is 12.5. The van der Waals surface area contributed by atoms with Crippen LogP contribution in [-0.2, 0) is 27.9 Å². The molecule has 33 heavy (non-hydrogen) atoms. The quantitative estimate of drug-likeness (QED) is 0.225. The number of anilines is 1. The number of hydrogen-bond acceptors (Lipinski definition) is 7. The van der Waals surface area contributed by atoms with Crippen molar-refractivity contribution in [1.29, 1.82) is 0 Å². The van der Waals surface area contributed by atoms with Crippen LogP contribution >= 0.6 is 21.2 Å². The average molecular weight is 601 g/mol. The highest BCUT2D eigenvalue weighted by Crippen LogP contribution is 2.41. The third kappa shape index (κ3) is 5.14. The Morgan fingerprint density at radius 2 is 1.24 bits per heavy atom. The number of para-hydroxylation sites is 1. The van der Waals surface area contributed by atoms with Crippen molar-refractivity contribution in [3.05, 3.63) is 81.4 Å². The largest absolute Gasteiger partial charge is 0.424 e. The molecule has 8 nitrogen and oxygen atoms in total. The van der Waals surface area contributed by atoms with Gasteiger partial charge in [-0.2, -0.15) is 3.71 Å². The van der Waals surface area contributed by atoms with Gasteiger partial charge in [-0.3, -0.25) is 7.86 Å². The molecule has 0 aliphatic rings. The van der Waals surface area contributed by atoms with Gasteiger partial charge in [0, 0.05) is 6.92 Å². The summed E-state index contributed by atoms with van der Waals surface area (Å²) in [7, 11) is -9.49. The van der Waals surface area contributed by atoms with E-state index in [9.17, 15) is 24.7 Å². The van der Waals surface area contributed by atoms with Gasteiger partial charge in [0.25, 0.3) is 20.0 Å². The van der Waals surface area contributed by atoms with Gasteiger partial charge in [0.2, 0.25) is 0 Å². The zero-order valence-electron chi connectivity index (χ0n) is 17.9. The number of halogens is 1. The molecule has 0 radical (unpaired) electrons. The van der Waals surface area contributed by atoms with Gasteiger partial charge in [-0.15, -0.1) is 0 Å². The minimum atomic E-state index is -4.74. The fraction of sp³-hybridized carbons (Fsp3) is 0.136. The highest BCUT2D eigenvalue weighted by Gasteiger charge is 2.40. The molecule has 0 bridgehead atoms. The molecule has 0 amide bonds. The van der Waals surface area contributed by atoms with E-state index in [0.717, 1.165) is 18.1 Å². The summed E-state index contributed by atoms with van der Waals surface area (Å²) in [6.45, 7) is 4.61. The van der Waals surface area contributed by atoms with Crippen LogP contribution < -0.4 is 8.45 Å². The van der Waals surface area contributed by atoms with Crippen LogP contribution in [0, 0.1) is 17.4 Å². The molecule has 0 aliphatic heterocycles. The third-order valence-electron chi connectivity index (χ3n) is 4.54. The van der Waals surface area contributed by atoms with E-state index in [2.05, 4.69) is 0 Å². The van der Waals surface area contributed by atoms with Crippen LogP contribution in [0.2, 0.25) is 0 Å². The van der Waals surface area contributed by atoms with E-state index in [-0.39, 0.29) is 22.8 Å². The Balaban J connectivity index is 2.41. The van der Waals surface area contributed by atoms with Gasteiger partial charge in [0.15, 0.2) is 26.9 Å². The molecular weight excluding hydrogens is 581 g/mol. The maximum atomic E-state index is 13.8. The van der Waals surface area contributed by atoms with Crippen molar-refractivity contribution in [2.24, 2.45) is 0 Å². The lowest BCUT2D eigenvalue weighted by Crippen LogP contribution is -2.38. The molecule has 0 spiro atoms. The summed E-state index contributed by atoms with van der Waals surface area (Å²) in [5.74, 6) is -1.13. The number of esters is 1. The van der Waals surface area contributed by atoms with Gasteiger partial charge in [-0.25, -0.2) is 16.8 Å². The van der Waals surface area contributed by atoms with Crippen LogP contribution in [0.4, 0.5) is 5.69 Å². The van der Waals surface area contributed by atoms with Crippen LogP contribution in [0.15, 0.2) is 76.5 Å². The number of sulfonamides is 2. The second kappa shape index (κ2) is 9.69. The molecule has 174 valence electrons. The number of ether oxygens (including phenoxy) is 1. The summed E-state index contributed by atoms with van der Waals surface area (Å²) in [6, 6.07) is 15.2. The summed E-state index contributed by atoms with van der Waals surface area (Å²) < 4.78 is 72.4. The Labute approximate surface area is 202 Å². The summed E-state index contributed by atoms with van der Waals surface area (Å²) >= 11 is -2.05. The molecule has 0 unspecified atom stereocenters. The SMILES string of the molecule is CC(=O)Oc1cccc(I=O)c1N(S(=O)(=O)c1ccc(C)cc1)S(=O)(=O)c1ccc(C)cc1. The van der Waals surface area contributed by atoms with Gasteiger partial charge >= 0.3 is 5.97 Å². The van der Waals surface area contributed by atoms with E-state index >= 15 is 0 Å². The lowest BCUT2D eigenvalue weighted by Gasteiger charge is -2.26. The molecule has 3 aromatic carbocycles. The number of aryl methyl sites for hydroxylation is 2. The van der Waals surface area contributed by atoms with Crippen LogP contribution in [-0.4, -0.2) is 22.8 Å². The van der Waals surface area contributed by atoms with Gasteiger partial charge in [0.05, 0.1) is 13.4 Å². The number of carbonyl (C=O) groups excluding carboxylic acids is 1. The molecule has 0 aliphatic carbocycles. The first-order valence-electron chi connectivity index (χ1n) is 9.51. The first-order valence-corrected chi connectivity index (χ1v) is 14.3. The number of hydrogen-bond donors (Lipinski definition) is 0. The number of carbonyl (C=O) groups is 1. The van der Waals surface area contributed by atoms with E-state index in [1.807, 2.05) is 0 Å². The first kappa shape index (κ1) is 25.0. The van der Waals surface area contributed by atoms with E-state index < -0.39 is 52.9 Å². The van der Waals surface area contributed by atoms with Gasteiger partial charge in [-0.05, 0) is 50.2 Å². The normalized spacial score (nSPS) is 11.7. The van der Waals surface area contributed by atoms with E-state index in [1.165, 1.54) is 66.7 Å². The zero-order valence-corrected chi connectivity index (χ0v) is 21.6. The summed E-state index contributed by atoms with van der Waals surface area (Å²) in [5, 5.41) is 0. The zero-order chi connectivity index (χ0) is 24.4. The smallest absolute Gasteiger partial charge is 0.308 e. The highest BCUT2D eigenvalue weighted by molar-refractivity contribution is 14.1. The fourth-order valence-corrected chi connectivity index (χ4v) is 8.10. The predicted octanol–water partition coefficient (Wildman–Crippen LogP) is 4.30. The lowest BCUT2D eigenvalue weighted by atomic mass is 10.2. The molecule has 0 atom stereocenters. The van der Waals surface area contributed by atoms with Crippen molar-refractivity contribution in [2.75, 3.05) is 3.71 Å². The Bertz CT molecular complexity index is 1340. The van der Waals surface area contributed by atoms with Crippen molar-refractivity contribution in [3.63, 3.8) is 0 Å². The van der Waals surface area contributed by atoms with Crippen molar-refractivity contribution in [1.82, 2.24) is 0 Å². The third-order valence-corrected chi connectivity index (χ3v) is 10.0. The summed E-state index contributed by atoms with van der Waals surface area (Å²) in [6.07, 6.45) is 0. The first-order chi connectivity index (χ1) is 15.5. The second-order valence-electron chi connectivity index (χ2n) is 7.09. The van der Waals surface area contributed by atoms with Crippen LogP contribution in [0.1, 0.15) is 18.1 Å². The lowest BCUT2D eigenvalue weighted by molar-refractivity contribution is -0.131. The Hall–Kier alpha value is -2.64. The van der Waals surface area contributed by atoms with Gasteiger partial charge in [-0.1, -0.05) is 41.5 Å². The molecule has 0 heterocycles. The molecule has 3 rings (SSSR count). The van der Waals surface area contributed by atoms with Crippen molar-refractivity contribution in [2.45, 2.75) is 30.6 Å². The van der Waals surface area contributed by atoms with Crippen LogP contribution in [0.3, 0.4) is 0 Å². The topological polar surface area (TPSA) is 115 Å². The standard InChI is InChI=1S/C22H20INO7S2/c1-15-7-11-18(12-8-15)32(27,28)24(33(29,30)19-13-9-16(2)10-14-19)22-20(23-26)5-4-6-21(22)31-17(3)25/h4-14H,1-3H3. The van der Waals surface area contributed by atoms with Crippen LogP contribution in [0.5, 0.6) is 5.75 Å². The van der Waals surface area contributed by atoms with E-state index in [4.69, 9.17) is 4.74 Å². The van der Waals surface area contributed by atoms with Crippen molar-refractivity contribution in [3.8, 4) is 5.75 Å². The van der Waals surface area contributed by atoms with Crippen molar-refractivity contribution < 1.29 is 29.4 Å². The maximum absolute atomic E-state index is 13.8. The molecule has 0 saturated heterocycles. The Kier molecular flexibility index (Phi) is 7.34. The van der Waals surface area contributed by atoms with Crippen LogP contribution in [0.25, 0.3) is 0 Å². The van der Waals surface area contributed by atoms with Gasteiger partial charge < -0.3 is 4.74 Å². The molecule has 0 fully saturated rings. The molecular formula is C22H20INO7S2. The Morgan fingerprint density at radius 1 is 0.788 bits per heavy atom. The number of benzene rings is 3. The summed E-state index contributed by atoms with van der Waals surface area (Å²) in [4.78, 5) is 11.1. The van der Waals surface area contributed by atoms with Gasteiger partial charge in [0.1, 0.15) is 5.69 Å². The maximum Gasteiger partial charge on any atom is 0.308 e. The molecule has 0 N–H and O–H groups in total. The average Bonchev–Trinajstić information content (AvgIpc) is 2.75. The minimum absolute atomic E-state index is 0.0566. The molecule has 11 heteroatoms. The van der Waals surface area contributed by atoms with E-state index in [0.29, 0.717) is 0 Å². The highest BCUT2D eigenvalue weighted by atomic mass is 127. The minimum Gasteiger partial charge on any atom is -0.424 e. The molecule has 0 saturated carbocycles.